The molecule has 0 N–H and O–H groups in total. The standard InChI is InChI=1S/C17H19N3O2/c1-3-12(2)17(21)22-9-8-13-10-16-19-18-11-20(16)15-7-5-4-6-14(13)15/h4-7,10-12H,3,8-9H2,1-2H3. The molecule has 0 amide bonds. The number of benzene rings is 1. The molecule has 2 aromatic heterocycles. The number of aromatic nitrogens is 3. The SMILES string of the molecule is CCC(C)C(=O)OCCc1cc2nncn2c2ccccc12. The van der Waals surface area contributed by atoms with Crippen LogP contribution in [0, 0.1) is 5.92 Å². The first-order valence-corrected chi connectivity index (χ1v) is 7.57. The van der Waals surface area contributed by atoms with Gasteiger partial charge in [0.25, 0.3) is 0 Å². The third-order valence-electron chi connectivity index (χ3n) is 4.02. The van der Waals surface area contributed by atoms with Gasteiger partial charge in [0.1, 0.15) is 6.33 Å². The molecule has 0 saturated carbocycles. The van der Waals surface area contributed by atoms with E-state index in [-0.39, 0.29) is 11.9 Å². The molecule has 0 aliphatic carbocycles. The molecule has 1 atom stereocenters. The zero-order chi connectivity index (χ0) is 15.5. The van der Waals surface area contributed by atoms with Gasteiger partial charge in [0, 0.05) is 11.8 Å². The molecule has 0 aliphatic heterocycles. The van der Waals surface area contributed by atoms with E-state index in [9.17, 15) is 4.79 Å². The largest absolute Gasteiger partial charge is 0.465 e. The van der Waals surface area contributed by atoms with Gasteiger partial charge in [0.2, 0.25) is 0 Å². The van der Waals surface area contributed by atoms with Gasteiger partial charge in [-0.05, 0) is 24.1 Å². The highest BCUT2D eigenvalue weighted by Crippen LogP contribution is 2.21. The molecule has 0 aliphatic rings. The Hall–Kier alpha value is -2.43. The summed E-state index contributed by atoms with van der Waals surface area (Å²) in [5.41, 5.74) is 2.99. The highest BCUT2D eigenvalue weighted by molar-refractivity contribution is 5.85. The van der Waals surface area contributed by atoms with E-state index >= 15 is 0 Å². The first-order chi connectivity index (χ1) is 10.7. The average Bonchev–Trinajstić information content (AvgIpc) is 3.02. The predicted molar refractivity (Wildman–Crippen MR) is 84.6 cm³/mol. The minimum absolute atomic E-state index is 0.0456. The molecule has 2 heterocycles. The summed E-state index contributed by atoms with van der Waals surface area (Å²) in [6.07, 6.45) is 3.18. The molecule has 1 aromatic carbocycles. The van der Waals surface area contributed by atoms with E-state index in [4.69, 9.17) is 4.74 Å². The number of hydrogen-bond acceptors (Lipinski definition) is 4. The number of hydrogen-bond donors (Lipinski definition) is 0. The number of fused-ring (bicyclic) bond motifs is 3. The van der Waals surface area contributed by atoms with Crippen molar-refractivity contribution in [3.8, 4) is 0 Å². The Morgan fingerprint density at radius 1 is 1.36 bits per heavy atom. The van der Waals surface area contributed by atoms with Gasteiger partial charge < -0.3 is 4.74 Å². The molecule has 0 bridgehead atoms. The third-order valence-corrected chi connectivity index (χ3v) is 4.02. The summed E-state index contributed by atoms with van der Waals surface area (Å²) in [6.45, 7) is 4.26. The highest BCUT2D eigenvalue weighted by Gasteiger charge is 2.12. The van der Waals surface area contributed by atoms with Crippen LogP contribution < -0.4 is 0 Å². The molecule has 5 heteroatoms. The summed E-state index contributed by atoms with van der Waals surface area (Å²) in [4.78, 5) is 11.8. The van der Waals surface area contributed by atoms with Crippen LogP contribution in [0.3, 0.4) is 0 Å². The van der Waals surface area contributed by atoms with E-state index in [0.29, 0.717) is 13.0 Å². The molecule has 0 fully saturated rings. The van der Waals surface area contributed by atoms with Crippen molar-refractivity contribution in [2.24, 2.45) is 5.92 Å². The van der Waals surface area contributed by atoms with Gasteiger partial charge in [0.05, 0.1) is 18.0 Å². The number of pyridine rings is 1. The quantitative estimate of drug-likeness (QED) is 0.679. The summed E-state index contributed by atoms with van der Waals surface area (Å²) in [5, 5.41) is 9.22. The van der Waals surface area contributed by atoms with Crippen molar-refractivity contribution in [1.82, 2.24) is 14.6 Å². The van der Waals surface area contributed by atoms with Crippen molar-refractivity contribution < 1.29 is 9.53 Å². The molecular formula is C17H19N3O2. The van der Waals surface area contributed by atoms with Crippen LogP contribution in [0.4, 0.5) is 0 Å². The summed E-state index contributed by atoms with van der Waals surface area (Å²) in [6, 6.07) is 10.1. The lowest BCUT2D eigenvalue weighted by Crippen LogP contribution is -2.15. The van der Waals surface area contributed by atoms with Gasteiger partial charge in [0.15, 0.2) is 5.65 Å². The Morgan fingerprint density at radius 2 is 2.18 bits per heavy atom. The lowest BCUT2D eigenvalue weighted by atomic mass is 10.1. The molecule has 5 nitrogen and oxygen atoms in total. The van der Waals surface area contributed by atoms with Crippen molar-refractivity contribution >= 4 is 22.5 Å². The summed E-state index contributed by atoms with van der Waals surface area (Å²) >= 11 is 0. The van der Waals surface area contributed by atoms with Crippen LogP contribution in [0.15, 0.2) is 36.7 Å². The molecular weight excluding hydrogens is 278 g/mol. The van der Waals surface area contributed by atoms with Gasteiger partial charge in [-0.2, -0.15) is 0 Å². The van der Waals surface area contributed by atoms with Crippen LogP contribution in [-0.4, -0.2) is 27.2 Å². The van der Waals surface area contributed by atoms with E-state index in [1.165, 1.54) is 0 Å². The fraction of sp³-hybridized carbons (Fsp3) is 0.353. The van der Waals surface area contributed by atoms with E-state index in [2.05, 4.69) is 16.3 Å². The lowest BCUT2D eigenvalue weighted by molar-refractivity contribution is -0.147. The molecule has 22 heavy (non-hydrogen) atoms. The van der Waals surface area contributed by atoms with Crippen LogP contribution in [0.1, 0.15) is 25.8 Å². The van der Waals surface area contributed by atoms with Crippen molar-refractivity contribution in [3.63, 3.8) is 0 Å². The number of nitrogens with zero attached hydrogens (tertiary/aromatic N) is 3. The molecule has 3 rings (SSSR count). The fourth-order valence-corrected chi connectivity index (χ4v) is 2.49. The van der Waals surface area contributed by atoms with Gasteiger partial charge >= 0.3 is 5.97 Å². The maximum atomic E-state index is 11.8. The van der Waals surface area contributed by atoms with E-state index in [1.807, 2.05) is 42.5 Å². The lowest BCUT2D eigenvalue weighted by Gasteiger charge is -2.11. The van der Waals surface area contributed by atoms with E-state index in [0.717, 1.165) is 28.5 Å². The molecule has 3 aromatic rings. The predicted octanol–water partition coefficient (Wildman–Crippen LogP) is 3.01. The Bertz CT molecular complexity index is 810. The Balaban J connectivity index is 1.85. The van der Waals surface area contributed by atoms with Gasteiger partial charge in [-0.3, -0.25) is 9.20 Å². The van der Waals surface area contributed by atoms with Crippen LogP contribution in [-0.2, 0) is 16.0 Å². The second-order valence-electron chi connectivity index (χ2n) is 5.47. The van der Waals surface area contributed by atoms with Crippen LogP contribution in [0.5, 0.6) is 0 Å². The molecule has 0 spiro atoms. The number of para-hydroxylation sites is 1. The van der Waals surface area contributed by atoms with Crippen LogP contribution >= 0.6 is 0 Å². The van der Waals surface area contributed by atoms with E-state index in [1.54, 1.807) is 6.33 Å². The van der Waals surface area contributed by atoms with E-state index < -0.39 is 0 Å². The Labute approximate surface area is 128 Å². The molecule has 0 saturated heterocycles. The number of esters is 1. The fourth-order valence-electron chi connectivity index (χ4n) is 2.49. The van der Waals surface area contributed by atoms with Gasteiger partial charge in [-0.25, -0.2) is 0 Å². The Morgan fingerprint density at radius 3 is 3.00 bits per heavy atom. The highest BCUT2D eigenvalue weighted by atomic mass is 16.5. The van der Waals surface area contributed by atoms with Crippen LogP contribution in [0.2, 0.25) is 0 Å². The summed E-state index contributed by atoms with van der Waals surface area (Å²) < 4.78 is 7.32. The number of carbonyl (C=O) groups excluding carboxylic acids is 1. The van der Waals surface area contributed by atoms with Crippen molar-refractivity contribution in [1.29, 1.82) is 0 Å². The van der Waals surface area contributed by atoms with Crippen molar-refractivity contribution in [2.45, 2.75) is 26.7 Å². The topological polar surface area (TPSA) is 56.5 Å². The van der Waals surface area contributed by atoms with Gasteiger partial charge in [-0.1, -0.05) is 32.0 Å². The third kappa shape index (κ3) is 2.66. The normalized spacial score (nSPS) is 12.6. The zero-order valence-corrected chi connectivity index (χ0v) is 12.8. The van der Waals surface area contributed by atoms with Crippen molar-refractivity contribution in [3.05, 3.63) is 42.2 Å². The monoisotopic (exact) mass is 297 g/mol. The van der Waals surface area contributed by atoms with Gasteiger partial charge in [-0.15, -0.1) is 10.2 Å². The van der Waals surface area contributed by atoms with Crippen molar-refractivity contribution in [2.75, 3.05) is 6.61 Å². The summed E-state index contributed by atoms with van der Waals surface area (Å²) in [7, 11) is 0. The summed E-state index contributed by atoms with van der Waals surface area (Å²) in [5.74, 6) is -0.175. The number of carbonyl (C=O) groups is 1. The maximum Gasteiger partial charge on any atom is 0.308 e. The minimum atomic E-state index is -0.129. The smallest absolute Gasteiger partial charge is 0.308 e. The first-order valence-electron chi connectivity index (χ1n) is 7.57. The average molecular weight is 297 g/mol. The second-order valence-corrected chi connectivity index (χ2v) is 5.47. The number of rotatable bonds is 5. The molecule has 0 radical (unpaired) electrons. The van der Waals surface area contributed by atoms with Crippen LogP contribution in [0.25, 0.3) is 16.6 Å². The minimum Gasteiger partial charge on any atom is -0.465 e. The molecule has 114 valence electrons. The second kappa shape index (κ2) is 6.13. The molecule has 1 unspecified atom stereocenters. The zero-order valence-electron chi connectivity index (χ0n) is 12.8. The maximum absolute atomic E-state index is 11.8. The number of ether oxygens (including phenoxy) is 1. The first kappa shape index (κ1) is 14.5. The Kier molecular flexibility index (Phi) is 4.04.